The number of hydrogen-bond acceptors (Lipinski definition) is 3. The Balaban J connectivity index is 1.98. The third kappa shape index (κ3) is 5.96. The molecular weight excluding hydrogens is 417 g/mol. The second-order valence-electron chi connectivity index (χ2n) is 6.43. The van der Waals surface area contributed by atoms with Crippen LogP contribution in [0.1, 0.15) is 36.7 Å². The molecule has 0 aliphatic rings. The van der Waals surface area contributed by atoms with Crippen molar-refractivity contribution < 1.29 is 14.3 Å². The highest BCUT2D eigenvalue weighted by atomic mass is 127. The lowest BCUT2D eigenvalue weighted by atomic mass is 10.0. The number of Topliss-reactive ketones (excluding diaryl/α,β-unsaturated/α-hetero) is 1. The van der Waals surface area contributed by atoms with Gasteiger partial charge < -0.3 is 4.74 Å². The number of hydrogen-bond donors (Lipinski definition) is 1. The molecule has 0 bridgehead atoms. The molecule has 0 fully saturated rings. The van der Waals surface area contributed by atoms with E-state index >= 15 is 0 Å². The lowest BCUT2D eigenvalue weighted by Gasteiger charge is -2.19. The fraction of sp³-hybridized carbons (Fsp3) is 0.263. The number of rotatable bonds is 4. The fourth-order valence-electron chi connectivity index (χ4n) is 2.10. The van der Waals surface area contributed by atoms with Gasteiger partial charge in [0.15, 0.2) is 5.78 Å². The van der Waals surface area contributed by atoms with Gasteiger partial charge in [-0.15, -0.1) is 0 Å². The van der Waals surface area contributed by atoms with E-state index in [0.29, 0.717) is 17.7 Å². The average Bonchev–Trinajstić information content (AvgIpc) is 2.45. The Bertz CT molecular complexity index is 733. The van der Waals surface area contributed by atoms with Gasteiger partial charge in [0.25, 0.3) is 0 Å². The number of ketones is 1. The van der Waals surface area contributed by atoms with Gasteiger partial charge in [-0.2, -0.15) is 0 Å². The first kappa shape index (κ1) is 18.4. The molecule has 0 radical (unpaired) electrons. The standard InChI is InChI=1S/C19H20INO3/c1-19(2,3)24-18(23)21-16-9-7-14(8-10-16)17(22)12-13-5-4-6-15(20)11-13/h4-11H,12H2,1-3H3,(H,21,23). The number of ether oxygens (including phenoxy) is 1. The molecular formula is C19H20INO3. The Morgan fingerprint density at radius 3 is 2.33 bits per heavy atom. The molecule has 0 aliphatic carbocycles. The van der Waals surface area contributed by atoms with Gasteiger partial charge in [0, 0.05) is 21.2 Å². The minimum atomic E-state index is -0.548. The summed E-state index contributed by atoms with van der Waals surface area (Å²) in [5.41, 5.74) is 1.65. The summed E-state index contributed by atoms with van der Waals surface area (Å²) in [6, 6.07) is 14.7. The first-order valence-corrected chi connectivity index (χ1v) is 8.68. The van der Waals surface area contributed by atoms with E-state index < -0.39 is 11.7 Å². The molecule has 2 aromatic rings. The third-order valence-electron chi connectivity index (χ3n) is 3.11. The predicted molar refractivity (Wildman–Crippen MR) is 103 cm³/mol. The molecule has 0 aromatic heterocycles. The molecule has 0 spiro atoms. The van der Waals surface area contributed by atoms with Gasteiger partial charge in [-0.3, -0.25) is 10.1 Å². The van der Waals surface area contributed by atoms with E-state index in [-0.39, 0.29) is 5.78 Å². The number of halogens is 1. The van der Waals surface area contributed by atoms with Crippen molar-refractivity contribution in [3.8, 4) is 0 Å². The maximum atomic E-state index is 12.3. The highest BCUT2D eigenvalue weighted by Crippen LogP contribution is 2.15. The number of nitrogens with one attached hydrogen (secondary N) is 1. The number of carbonyl (C=O) groups excluding carboxylic acids is 2. The van der Waals surface area contributed by atoms with Crippen LogP contribution >= 0.6 is 22.6 Å². The molecule has 2 aromatic carbocycles. The molecule has 0 saturated heterocycles. The third-order valence-corrected chi connectivity index (χ3v) is 3.78. The van der Waals surface area contributed by atoms with Crippen molar-refractivity contribution in [2.75, 3.05) is 5.32 Å². The van der Waals surface area contributed by atoms with E-state index in [2.05, 4.69) is 27.9 Å². The molecule has 126 valence electrons. The summed E-state index contributed by atoms with van der Waals surface area (Å²) in [5.74, 6) is 0.0424. The topological polar surface area (TPSA) is 55.4 Å². The summed E-state index contributed by atoms with van der Waals surface area (Å²) in [5, 5.41) is 2.65. The Morgan fingerprint density at radius 1 is 1.08 bits per heavy atom. The van der Waals surface area contributed by atoms with Crippen LogP contribution in [0, 0.1) is 3.57 Å². The van der Waals surface area contributed by atoms with Crippen molar-refractivity contribution in [1.82, 2.24) is 0 Å². The van der Waals surface area contributed by atoms with Crippen LogP contribution in [0.5, 0.6) is 0 Å². The van der Waals surface area contributed by atoms with Gasteiger partial charge in [-0.05, 0) is 85.3 Å². The van der Waals surface area contributed by atoms with Crippen LogP contribution in [0.15, 0.2) is 48.5 Å². The van der Waals surface area contributed by atoms with Crippen LogP contribution in [0.2, 0.25) is 0 Å². The van der Waals surface area contributed by atoms with E-state index in [0.717, 1.165) is 9.13 Å². The summed E-state index contributed by atoms with van der Waals surface area (Å²) >= 11 is 2.23. The number of carbonyl (C=O) groups is 2. The van der Waals surface area contributed by atoms with E-state index in [1.54, 1.807) is 45.0 Å². The molecule has 24 heavy (non-hydrogen) atoms. The maximum absolute atomic E-state index is 12.3. The van der Waals surface area contributed by atoms with Gasteiger partial charge in [-0.25, -0.2) is 4.79 Å². The quantitative estimate of drug-likeness (QED) is 0.537. The van der Waals surface area contributed by atoms with Crippen LogP contribution in [-0.4, -0.2) is 17.5 Å². The lowest BCUT2D eigenvalue weighted by molar-refractivity contribution is 0.0636. The second kappa shape index (κ2) is 7.79. The molecule has 1 amide bonds. The monoisotopic (exact) mass is 437 g/mol. The number of amides is 1. The van der Waals surface area contributed by atoms with Gasteiger partial charge in [0.05, 0.1) is 0 Å². The van der Waals surface area contributed by atoms with Crippen molar-refractivity contribution in [3.63, 3.8) is 0 Å². The van der Waals surface area contributed by atoms with Crippen LogP contribution in [0.4, 0.5) is 10.5 Å². The van der Waals surface area contributed by atoms with Crippen LogP contribution in [-0.2, 0) is 11.2 Å². The van der Waals surface area contributed by atoms with Crippen LogP contribution < -0.4 is 5.32 Å². The molecule has 5 heteroatoms. The Morgan fingerprint density at radius 2 is 1.75 bits per heavy atom. The maximum Gasteiger partial charge on any atom is 0.412 e. The molecule has 0 aliphatic heterocycles. The first-order valence-electron chi connectivity index (χ1n) is 7.61. The Kier molecular flexibility index (Phi) is 5.99. The van der Waals surface area contributed by atoms with Gasteiger partial charge >= 0.3 is 6.09 Å². The summed E-state index contributed by atoms with van der Waals surface area (Å²) in [4.78, 5) is 24.1. The molecule has 4 nitrogen and oxygen atoms in total. The molecule has 1 N–H and O–H groups in total. The SMILES string of the molecule is CC(C)(C)OC(=O)Nc1ccc(C(=O)Cc2cccc(I)c2)cc1. The lowest BCUT2D eigenvalue weighted by Crippen LogP contribution is -2.27. The van der Waals surface area contributed by atoms with Crippen molar-refractivity contribution in [2.45, 2.75) is 32.8 Å². The zero-order chi connectivity index (χ0) is 17.7. The Labute approximate surface area is 155 Å². The number of benzene rings is 2. The van der Waals surface area contributed by atoms with Crippen molar-refractivity contribution in [3.05, 3.63) is 63.2 Å². The van der Waals surface area contributed by atoms with Gasteiger partial charge in [-0.1, -0.05) is 12.1 Å². The van der Waals surface area contributed by atoms with Gasteiger partial charge in [0.1, 0.15) is 5.60 Å². The second-order valence-corrected chi connectivity index (χ2v) is 7.68. The van der Waals surface area contributed by atoms with Crippen molar-refractivity contribution >= 4 is 40.2 Å². The van der Waals surface area contributed by atoms with Crippen molar-refractivity contribution in [1.29, 1.82) is 0 Å². The summed E-state index contributed by atoms with van der Waals surface area (Å²) in [7, 11) is 0. The minimum Gasteiger partial charge on any atom is -0.444 e. The van der Waals surface area contributed by atoms with E-state index in [1.807, 2.05) is 24.3 Å². The molecule has 0 atom stereocenters. The fourth-order valence-corrected chi connectivity index (χ4v) is 2.70. The Hall–Kier alpha value is -1.89. The normalized spacial score (nSPS) is 11.0. The van der Waals surface area contributed by atoms with E-state index in [1.165, 1.54) is 0 Å². The smallest absolute Gasteiger partial charge is 0.412 e. The highest BCUT2D eigenvalue weighted by molar-refractivity contribution is 14.1. The van der Waals surface area contributed by atoms with Crippen LogP contribution in [0.25, 0.3) is 0 Å². The summed E-state index contributed by atoms with van der Waals surface area (Å²) in [6.07, 6.45) is -0.157. The largest absolute Gasteiger partial charge is 0.444 e. The minimum absolute atomic E-state index is 0.0424. The molecule has 2 rings (SSSR count). The van der Waals surface area contributed by atoms with Gasteiger partial charge in [0.2, 0.25) is 0 Å². The molecule has 0 heterocycles. The first-order chi connectivity index (χ1) is 11.2. The van der Waals surface area contributed by atoms with E-state index in [4.69, 9.17) is 4.74 Å². The predicted octanol–water partition coefficient (Wildman–Crippen LogP) is 5.06. The summed E-state index contributed by atoms with van der Waals surface area (Å²) in [6.45, 7) is 5.41. The summed E-state index contributed by atoms with van der Waals surface area (Å²) < 4.78 is 6.30. The van der Waals surface area contributed by atoms with E-state index in [9.17, 15) is 9.59 Å². The van der Waals surface area contributed by atoms with Crippen molar-refractivity contribution in [2.24, 2.45) is 0 Å². The number of anilines is 1. The highest BCUT2D eigenvalue weighted by Gasteiger charge is 2.16. The van der Waals surface area contributed by atoms with Crippen LogP contribution in [0.3, 0.4) is 0 Å². The zero-order valence-electron chi connectivity index (χ0n) is 13.9. The molecule has 0 unspecified atom stereocenters. The zero-order valence-corrected chi connectivity index (χ0v) is 16.1. The molecule has 0 saturated carbocycles. The average molecular weight is 437 g/mol.